The molecule has 1 heterocycles. The van der Waals surface area contributed by atoms with Crippen molar-refractivity contribution >= 4 is 12.2 Å². The molecule has 0 N–H and O–H groups in total. The van der Waals surface area contributed by atoms with Crippen LogP contribution in [0.25, 0.3) is 0 Å². The van der Waals surface area contributed by atoms with Crippen LogP contribution in [-0.4, -0.2) is 16.4 Å². The van der Waals surface area contributed by atoms with Crippen LogP contribution >= 0.6 is 0 Å². The van der Waals surface area contributed by atoms with Crippen molar-refractivity contribution in [1.29, 1.82) is 0 Å². The third-order valence-corrected chi connectivity index (χ3v) is 2.37. The fourth-order valence-electron chi connectivity index (χ4n) is 1.49. The molecule has 0 radical (unpaired) electrons. The largest absolute Gasteiger partial charge is 0.461 e. The number of carbonyl (C=O) groups excluding carboxylic acids is 1. The Morgan fingerprint density at radius 3 is 2.60 bits per heavy atom. The first kappa shape index (κ1) is 13.5. The number of nitrogens with zero attached hydrogens (tertiary/aromatic N) is 2. The molecule has 20 heavy (non-hydrogen) atoms. The monoisotopic (exact) mass is 274 g/mol. The summed E-state index contributed by atoms with van der Waals surface area (Å²) in [6.45, 7) is 0.395. The van der Waals surface area contributed by atoms with Gasteiger partial charge in [0.05, 0.1) is 10.6 Å². The molecule has 0 aliphatic rings. The van der Waals surface area contributed by atoms with Crippen LogP contribution in [0.4, 0.5) is 5.69 Å². The molecule has 2 rings (SSSR count). The summed E-state index contributed by atoms with van der Waals surface area (Å²) in [4.78, 5) is 24.2. The standard InChI is InChI=1S/C13H10N2O5/c16-9-19-8-10-7-13(5-6-14-10)20-12-3-1-11(2-4-12)15(17)18/h1-7,9H,8H2. The van der Waals surface area contributed by atoms with Gasteiger partial charge in [-0.1, -0.05) is 0 Å². The molecular weight excluding hydrogens is 264 g/mol. The molecule has 0 saturated heterocycles. The van der Waals surface area contributed by atoms with E-state index in [0.717, 1.165) is 0 Å². The maximum Gasteiger partial charge on any atom is 0.293 e. The summed E-state index contributed by atoms with van der Waals surface area (Å²) >= 11 is 0. The molecule has 0 aliphatic heterocycles. The first-order valence-corrected chi connectivity index (χ1v) is 5.61. The van der Waals surface area contributed by atoms with Crippen molar-refractivity contribution in [3.05, 3.63) is 58.4 Å². The molecule has 0 saturated carbocycles. The lowest BCUT2D eigenvalue weighted by Crippen LogP contribution is -1.94. The van der Waals surface area contributed by atoms with Crippen LogP contribution in [0.3, 0.4) is 0 Å². The second kappa shape index (κ2) is 6.28. The summed E-state index contributed by atoms with van der Waals surface area (Å²) in [7, 11) is 0. The lowest BCUT2D eigenvalue weighted by atomic mass is 10.3. The zero-order valence-corrected chi connectivity index (χ0v) is 10.3. The van der Waals surface area contributed by atoms with Gasteiger partial charge in [-0.3, -0.25) is 19.9 Å². The highest BCUT2D eigenvalue weighted by molar-refractivity contribution is 5.39. The zero-order valence-electron chi connectivity index (χ0n) is 10.3. The second-order valence-electron chi connectivity index (χ2n) is 3.74. The highest BCUT2D eigenvalue weighted by atomic mass is 16.6. The Bertz CT molecular complexity index is 612. The van der Waals surface area contributed by atoms with Crippen LogP contribution in [0.2, 0.25) is 0 Å². The van der Waals surface area contributed by atoms with E-state index in [9.17, 15) is 14.9 Å². The Morgan fingerprint density at radius 2 is 1.95 bits per heavy atom. The molecule has 0 bridgehead atoms. The van der Waals surface area contributed by atoms with Gasteiger partial charge in [0.2, 0.25) is 0 Å². The summed E-state index contributed by atoms with van der Waals surface area (Å²) < 4.78 is 10.1. The van der Waals surface area contributed by atoms with E-state index in [1.54, 1.807) is 12.1 Å². The number of nitro groups is 1. The number of nitro benzene ring substituents is 1. The molecule has 7 heteroatoms. The van der Waals surface area contributed by atoms with Crippen LogP contribution in [0.5, 0.6) is 11.5 Å². The first-order chi connectivity index (χ1) is 9.69. The number of hydrogen-bond acceptors (Lipinski definition) is 6. The molecule has 0 fully saturated rings. The zero-order chi connectivity index (χ0) is 14.4. The fourth-order valence-corrected chi connectivity index (χ4v) is 1.49. The number of pyridine rings is 1. The van der Waals surface area contributed by atoms with E-state index in [1.165, 1.54) is 30.5 Å². The minimum Gasteiger partial charge on any atom is -0.461 e. The van der Waals surface area contributed by atoms with Crippen molar-refractivity contribution in [3.8, 4) is 11.5 Å². The number of rotatable bonds is 6. The Labute approximate surface area is 113 Å². The molecule has 0 spiro atoms. The second-order valence-corrected chi connectivity index (χ2v) is 3.74. The van der Waals surface area contributed by atoms with Crippen molar-refractivity contribution in [2.24, 2.45) is 0 Å². The van der Waals surface area contributed by atoms with Crippen LogP contribution in [0.1, 0.15) is 5.69 Å². The number of non-ortho nitro benzene ring substituents is 1. The van der Waals surface area contributed by atoms with E-state index in [4.69, 9.17) is 4.74 Å². The molecule has 0 atom stereocenters. The van der Waals surface area contributed by atoms with Gasteiger partial charge in [0.15, 0.2) is 0 Å². The minimum atomic E-state index is -0.481. The molecule has 0 unspecified atom stereocenters. The number of hydrogen-bond donors (Lipinski definition) is 0. The molecule has 1 aromatic carbocycles. The van der Waals surface area contributed by atoms with Crippen molar-refractivity contribution < 1.29 is 19.2 Å². The van der Waals surface area contributed by atoms with Crippen LogP contribution < -0.4 is 4.74 Å². The minimum absolute atomic E-state index is 0.00727. The van der Waals surface area contributed by atoms with E-state index in [-0.39, 0.29) is 12.3 Å². The summed E-state index contributed by atoms with van der Waals surface area (Å²) in [5.74, 6) is 0.961. The number of ether oxygens (including phenoxy) is 2. The Hall–Kier alpha value is -2.96. The van der Waals surface area contributed by atoms with E-state index >= 15 is 0 Å². The van der Waals surface area contributed by atoms with Crippen LogP contribution in [0, 0.1) is 10.1 Å². The highest BCUT2D eigenvalue weighted by Gasteiger charge is 2.05. The molecule has 0 amide bonds. The average Bonchev–Trinajstić information content (AvgIpc) is 2.46. The number of benzene rings is 1. The third kappa shape index (κ3) is 3.52. The van der Waals surface area contributed by atoms with E-state index < -0.39 is 4.92 Å². The van der Waals surface area contributed by atoms with Gasteiger partial charge >= 0.3 is 0 Å². The Kier molecular flexibility index (Phi) is 4.23. The smallest absolute Gasteiger partial charge is 0.293 e. The predicted molar refractivity (Wildman–Crippen MR) is 68.3 cm³/mol. The van der Waals surface area contributed by atoms with Gasteiger partial charge in [-0.05, 0) is 18.2 Å². The Balaban J connectivity index is 2.09. The summed E-state index contributed by atoms with van der Waals surface area (Å²) in [5, 5.41) is 10.5. The summed E-state index contributed by atoms with van der Waals surface area (Å²) in [5.41, 5.74) is 0.531. The lowest BCUT2D eigenvalue weighted by Gasteiger charge is -2.06. The third-order valence-electron chi connectivity index (χ3n) is 2.37. The van der Waals surface area contributed by atoms with Crippen molar-refractivity contribution in [2.45, 2.75) is 6.61 Å². The van der Waals surface area contributed by atoms with Gasteiger partial charge in [0.1, 0.15) is 18.1 Å². The first-order valence-electron chi connectivity index (χ1n) is 5.61. The molecule has 7 nitrogen and oxygen atoms in total. The quantitative estimate of drug-likeness (QED) is 0.456. The maximum atomic E-state index is 10.5. The van der Waals surface area contributed by atoms with E-state index in [1.807, 2.05) is 0 Å². The maximum absolute atomic E-state index is 10.5. The number of carbonyl (C=O) groups is 1. The van der Waals surface area contributed by atoms with Gasteiger partial charge in [0.25, 0.3) is 12.2 Å². The van der Waals surface area contributed by atoms with Crippen molar-refractivity contribution in [2.75, 3.05) is 0 Å². The lowest BCUT2D eigenvalue weighted by molar-refractivity contribution is -0.384. The Morgan fingerprint density at radius 1 is 1.20 bits per heavy atom. The fraction of sp³-hybridized carbons (Fsp3) is 0.0769. The van der Waals surface area contributed by atoms with Crippen LogP contribution in [-0.2, 0) is 16.1 Å². The van der Waals surface area contributed by atoms with Gasteiger partial charge < -0.3 is 9.47 Å². The van der Waals surface area contributed by atoms with Crippen molar-refractivity contribution in [1.82, 2.24) is 4.98 Å². The van der Waals surface area contributed by atoms with E-state index in [2.05, 4.69) is 9.72 Å². The van der Waals surface area contributed by atoms with Gasteiger partial charge in [-0.25, -0.2) is 0 Å². The van der Waals surface area contributed by atoms with Crippen molar-refractivity contribution in [3.63, 3.8) is 0 Å². The molecule has 102 valence electrons. The molecule has 0 aliphatic carbocycles. The van der Waals surface area contributed by atoms with E-state index in [0.29, 0.717) is 23.7 Å². The molecular formula is C13H10N2O5. The van der Waals surface area contributed by atoms with Gasteiger partial charge in [-0.15, -0.1) is 0 Å². The molecule has 1 aromatic heterocycles. The predicted octanol–water partition coefficient (Wildman–Crippen LogP) is 2.46. The normalized spacial score (nSPS) is 9.80. The van der Waals surface area contributed by atoms with Gasteiger partial charge in [-0.2, -0.15) is 0 Å². The summed E-state index contributed by atoms with van der Waals surface area (Å²) in [6, 6.07) is 8.96. The average molecular weight is 274 g/mol. The highest BCUT2D eigenvalue weighted by Crippen LogP contribution is 2.23. The topological polar surface area (TPSA) is 91.6 Å². The SMILES string of the molecule is O=COCc1cc(Oc2ccc([N+](=O)[O-])cc2)ccn1. The van der Waals surface area contributed by atoms with Crippen LogP contribution in [0.15, 0.2) is 42.6 Å². The van der Waals surface area contributed by atoms with Gasteiger partial charge in [0, 0.05) is 24.4 Å². The summed E-state index contributed by atoms with van der Waals surface area (Å²) in [6.07, 6.45) is 1.52. The molecule has 2 aromatic rings. The number of aromatic nitrogens is 1.